The molecule has 0 aliphatic rings. The van der Waals surface area contributed by atoms with Crippen LogP contribution in [0.1, 0.15) is 47.6 Å². The molecule has 7 nitrogen and oxygen atoms in total. The lowest BCUT2D eigenvalue weighted by molar-refractivity contribution is 0.0688. The number of aryl methyl sites for hydroxylation is 2. The van der Waals surface area contributed by atoms with E-state index in [0.29, 0.717) is 35.1 Å². The molecular weight excluding hydrogens is 476 g/mol. The van der Waals surface area contributed by atoms with Gasteiger partial charge in [-0.25, -0.2) is 9.97 Å². The Bertz CT molecular complexity index is 1510. The smallest absolute Gasteiger partial charge is 0.277 e. The first-order valence-corrected chi connectivity index (χ1v) is 12.0. The average molecular weight is 505 g/mol. The van der Waals surface area contributed by atoms with Crippen LogP contribution in [0.3, 0.4) is 0 Å². The number of halogens is 1. The summed E-state index contributed by atoms with van der Waals surface area (Å²) in [6.45, 7) is 11.2. The molecule has 0 saturated carbocycles. The fraction of sp³-hybridized carbons (Fsp3) is 0.286. The third-order valence-electron chi connectivity index (χ3n) is 6.04. The first-order valence-electron chi connectivity index (χ1n) is 11.6. The van der Waals surface area contributed by atoms with Gasteiger partial charge in [-0.1, -0.05) is 41.4 Å². The molecular formula is C28H29ClN4O3. The monoisotopic (exact) mass is 504 g/mol. The lowest BCUT2D eigenvalue weighted by Crippen LogP contribution is -2.23. The number of aromatic nitrogens is 4. The van der Waals surface area contributed by atoms with E-state index in [1.807, 2.05) is 52.0 Å². The fourth-order valence-corrected chi connectivity index (χ4v) is 4.25. The molecule has 0 aliphatic carbocycles. The van der Waals surface area contributed by atoms with Crippen molar-refractivity contribution >= 4 is 11.6 Å². The molecule has 0 radical (unpaired) electrons. The summed E-state index contributed by atoms with van der Waals surface area (Å²) in [5, 5.41) is 10.4. The number of nitrogens with zero attached hydrogens (tertiary/aromatic N) is 4. The van der Waals surface area contributed by atoms with Crippen LogP contribution in [0.4, 0.5) is 0 Å². The van der Waals surface area contributed by atoms with Gasteiger partial charge in [0.25, 0.3) is 5.56 Å². The molecule has 0 spiro atoms. The zero-order valence-electron chi connectivity index (χ0n) is 21.3. The van der Waals surface area contributed by atoms with Gasteiger partial charge >= 0.3 is 0 Å². The Balaban J connectivity index is 1.76. The number of benzene rings is 1. The minimum Gasteiger partial charge on any atom is -0.487 e. The van der Waals surface area contributed by atoms with Gasteiger partial charge in [0.15, 0.2) is 5.82 Å². The van der Waals surface area contributed by atoms with Gasteiger partial charge in [0.05, 0.1) is 17.1 Å². The highest BCUT2D eigenvalue weighted by Gasteiger charge is 2.22. The zero-order valence-corrected chi connectivity index (χ0v) is 22.0. The van der Waals surface area contributed by atoms with E-state index in [0.717, 1.165) is 22.3 Å². The summed E-state index contributed by atoms with van der Waals surface area (Å²) in [6, 6.07) is 11.5. The van der Waals surface area contributed by atoms with Crippen LogP contribution in [-0.4, -0.2) is 24.6 Å². The summed E-state index contributed by atoms with van der Waals surface area (Å²) in [7, 11) is 0. The third kappa shape index (κ3) is 5.03. The summed E-state index contributed by atoms with van der Waals surface area (Å²) in [4.78, 5) is 26.7. The molecule has 4 rings (SSSR count). The number of hydrogen-bond acceptors (Lipinski definition) is 6. The average Bonchev–Trinajstić information content (AvgIpc) is 2.83. The van der Waals surface area contributed by atoms with Gasteiger partial charge in [0.1, 0.15) is 23.0 Å². The summed E-state index contributed by atoms with van der Waals surface area (Å²) in [5.41, 5.74) is 4.55. The fourth-order valence-electron chi connectivity index (χ4n) is 3.97. The van der Waals surface area contributed by atoms with Gasteiger partial charge in [0.2, 0.25) is 0 Å². The molecule has 1 aromatic carbocycles. The Kier molecular flexibility index (Phi) is 6.98. The van der Waals surface area contributed by atoms with E-state index in [-0.39, 0.29) is 16.4 Å². The van der Waals surface area contributed by atoms with Crippen molar-refractivity contribution in [1.29, 1.82) is 0 Å². The van der Waals surface area contributed by atoms with Crippen LogP contribution >= 0.6 is 11.6 Å². The lowest BCUT2D eigenvalue weighted by Gasteiger charge is -2.19. The quantitative estimate of drug-likeness (QED) is 0.379. The second-order valence-corrected chi connectivity index (χ2v) is 9.83. The van der Waals surface area contributed by atoms with Crippen LogP contribution in [0.25, 0.3) is 17.1 Å². The van der Waals surface area contributed by atoms with Crippen LogP contribution < -0.4 is 10.3 Å². The van der Waals surface area contributed by atoms with E-state index in [9.17, 15) is 9.90 Å². The molecule has 36 heavy (non-hydrogen) atoms. The van der Waals surface area contributed by atoms with Gasteiger partial charge in [-0.05, 0) is 64.8 Å². The van der Waals surface area contributed by atoms with Crippen molar-refractivity contribution in [2.45, 2.75) is 53.8 Å². The topological polar surface area (TPSA) is 90.1 Å². The molecule has 0 amide bonds. The maximum atomic E-state index is 13.4. The highest BCUT2D eigenvalue weighted by atomic mass is 35.5. The second-order valence-electron chi connectivity index (χ2n) is 9.46. The Morgan fingerprint density at radius 2 is 1.83 bits per heavy atom. The summed E-state index contributed by atoms with van der Waals surface area (Å²) in [6.07, 6.45) is 3.27. The van der Waals surface area contributed by atoms with E-state index in [2.05, 4.69) is 15.0 Å². The number of ether oxygens (including phenoxy) is 1. The van der Waals surface area contributed by atoms with Gasteiger partial charge in [-0.3, -0.25) is 14.3 Å². The maximum absolute atomic E-state index is 13.4. The van der Waals surface area contributed by atoms with Crippen molar-refractivity contribution in [2.24, 2.45) is 0 Å². The first-order chi connectivity index (χ1) is 17.0. The van der Waals surface area contributed by atoms with Crippen molar-refractivity contribution in [3.63, 3.8) is 0 Å². The van der Waals surface area contributed by atoms with Gasteiger partial charge in [-0.2, -0.15) is 0 Å². The number of hydrogen-bond donors (Lipinski definition) is 1. The Hall–Kier alpha value is -3.55. The maximum Gasteiger partial charge on any atom is 0.277 e. The minimum atomic E-state index is -1.20. The van der Waals surface area contributed by atoms with Crippen LogP contribution in [0.2, 0.25) is 5.02 Å². The molecule has 0 atom stereocenters. The predicted molar refractivity (Wildman–Crippen MR) is 141 cm³/mol. The van der Waals surface area contributed by atoms with E-state index < -0.39 is 5.60 Å². The summed E-state index contributed by atoms with van der Waals surface area (Å²) in [5.74, 6) is 0.672. The Labute approximate surface area is 215 Å². The first kappa shape index (κ1) is 25.5. The van der Waals surface area contributed by atoms with Crippen molar-refractivity contribution in [3.8, 4) is 22.8 Å². The second kappa shape index (κ2) is 9.84. The summed E-state index contributed by atoms with van der Waals surface area (Å²) >= 11 is 6.55. The highest BCUT2D eigenvalue weighted by Crippen LogP contribution is 2.31. The summed E-state index contributed by atoms with van der Waals surface area (Å²) < 4.78 is 7.57. The molecule has 0 bridgehead atoms. The molecule has 1 N–H and O–H groups in total. The molecule has 186 valence electrons. The minimum absolute atomic E-state index is 0.0200. The molecule has 0 fully saturated rings. The van der Waals surface area contributed by atoms with Crippen molar-refractivity contribution in [1.82, 2.24) is 19.5 Å². The Morgan fingerprint density at radius 3 is 2.53 bits per heavy atom. The predicted octanol–water partition coefficient (Wildman–Crippen LogP) is 5.38. The van der Waals surface area contributed by atoms with Gasteiger partial charge in [-0.15, -0.1) is 0 Å². The van der Waals surface area contributed by atoms with Crippen LogP contribution in [-0.2, 0) is 12.2 Å². The highest BCUT2D eigenvalue weighted by molar-refractivity contribution is 6.32. The molecule has 0 aliphatic heterocycles. The van der Waals surface area contributed by atoms with Crippen molar-refractivity contribution in [2.75, 3.05) is 0 Å². The van der Waals surface area contributed by atoms with E-state index in [1.165, 1.54) is 0 Å². The van der Waals surface area contributed by atoms with Gasteiger partial charge in [0, 0.05) is 23.7 Å². The third-order valence-corrected chi connectivity index (χ3v) is 6.37. The van der Waals surface area contributed by atoms with Gasteiger partial charge < -0.3 is 9.84 Å². The van der Waals surface area contributed by atoms with Crippen LogP contribution in [0, 0.1) is 27.7 Å². The van der Waals surface area contributed by atoms with Crippen molar-refractivity contribution < 1.29 is 9.84 Å². The SMILES string of the molecule is Cc1cccc(COc2c(C)c(C)n(-c3ccnc(-c4nc(C(C)(C)O)ncc4C)c3)c(=O)c2Cl)c1. The molecule has 3 aromatic heterocycles. The standard InChI is InChI=1S/C28H29ClN4O3/c1-16-8-7-9-20(12-16)15-36-25-18(3)19(4)33(26(34)23(25)29)21-10-11-30-22(13-21)24-17(2)14-31-27(32-24)28(5,6)35/h7-14,35H,15H2,1-6H3. The largest absolute Gasteiger partial charge is 0.487 e. The number of pyridine rings is 2. The molecule has 0 unspecified atom stereocenters. The van der Waals surface area contributed by atoms with Crippen molar-refractivity contribution in [3.05, 3.63) is 97.9 Å². The molecule has 3 heterocycles. The number of rotatable bonds is 6. The van der Waals surface area contributed by atoms with E-state index in [4.69, 9.17) is 16.3 Å². The van der Waals surface area contributed by atoms with Crippen LogP contribution in [0.15, 0.2) is 53.6 Å². The number of aliphatic hydroxyl groups is 1. The lowest BCUT2D eigenvalue weighted by atomic mass is 10.1. The zero-order chi connectivity index (χ0) is 26.2. The molecule has 0 saturated heterocycles. The van der Waals surface area contributed by atoms with E-state index >= 15 is 0 Å². The van der Waals surface area contributed by atoms with Crippen LogP contribution in [0.5, 0.6) is 5.75 Å². The Morgan fingerprint density at radius 1 is 1.08 bits per heavy atom. The molecule has 4 aromatic rings. The normalized spacial score (nSPS) is 11.6. The van der Waals surface area contributed by atoms with E-state index in [1.54, 1.807) is 42.9 Å². The molecule has 8 heteroatoms.